The summed E-state index contributed by atoms with van der Waals surface area (Å²) in [5.74, 6) is -1.08. The molecule has 0 aliphatic carbocycles. The van der Waals surface area contributed by atoms with E-state index in [1.54, 1.807) is 18.3 Å². The minimum atomic E-state index is -1.56. The van der Waals surface area contributed by atoms with Crippen molar-refractivity contribution in [2.24, 2.45) is 0 Å². The average Bonchev–Trinajstić information content (AvgIpc) is 3.27. The molecule has 8 nitrogen and oxygen atoms in total. The summed E-state index contributed by atoms with van der Waals surface area (Å²) in [5.41, 5.74) is 3.23. The highest BCUT2D eigenvalue weighted by molar-refractivity contribution is 8.00. The van der Waals surface area contributed by atoms with Crippen molar-refractivity contribution < 1.29 is 19.5 Å². The average molecular weight is 547 g/mol. The van der Waals surface area contributed by atoms with Gasteiger partial charge in [0.25, 0.3) is 11.8 Å². The van der Waals surface area contributed by atoms with Gasteiger partial charge in [0.15, 0.2) is 6.10 Å². The molecule has 0 radical (unpaired) electrons. The summed E-state index contributed by atoms with van der Waals surface area (Å²) < 4.78 is -0.570. The number of nitrogens with zero attached hydrogens (tertiary/aromatic N) is 2. The smallest absolute Gasteiger partial charge is 0.254 e. The number of hydrogen-bond acceptors (Lipinski definition) is 6. The number of aliphatic hydroxyl groups is 1. The van der Waals surface area contributed by atoms with Gasteiger partial charge >= 0.3 is 0 Å². The fourth-order valence-electron chi connectivity index (χ4n) is 4.70. The van der Waals surface area contributed by atoms with Gasteiger partial charge < -0.3 is 20.6 Å². The van der Waals surface area contributed by atoms with Crippen molar-refractivity contribution in [3.8, 4) is 0 Å². The molecule has 2 aromatic carbocycles. The van der Waals surface area contributed by atoms with E-state index in [0.717, 1.165) is 16.7 Å². The van der Waals surface area contributed by atoms with Crippen LogP contribution in [0.15, 0.2) is 79.1 Å². The van der Waals surface area contributed by atoms with Crippen molar-refractivity contribution in [3.05, 3.63) is 101 Å². The maximum atomic E-state index is 13.7. The molecule has 0 unspecified atom stereocenters. The van der Waals surface area contributed by atoms with Gasteiger partial charge in [-0.05, 0) is 56.0 Å². The Morgan fingerprint density at radius 3 is 2.49 bits per heavy atom. The molecule has 1 saturated heterocycles. The molecule has 3 N–H and O–H groups in total. The SMILES string of the molecule is Cc1ccccc1CNC(=O)[C@H]1N(C(=O)[C@@H](O)[C@H](Cc2ccccc2)NC(=O)c2cccnc2)CSC1(C)C. The van der Waals surface area contributed by atoms with Crippen molar-refractivity contribution in [3.63, 3.8) is 0 Å². The van der Waals surface area contributed by atoms with Crippen LogP contribution in [0.2, 0.25) is 0 Å². The second-order valence-electron chi connectivity index (χ2n) is 10.2. The Bertz CT molecular complexity index is 1300. The zero-order valence-corrected chi connectivity index (χ0v) is 23.2. The number of thioether (sulfide) groups is 1. The lowest BCUT2D eigenvalue weighted by atomic mass is 9.97. The van der Waals surface area contributed by atoms with Gasteiger partial charge in [0.2, 0.25) is 5.91 Å². The van der Waals surface area contributed by atoms with Crippen LogP contribution in [0.25, 0.3) is 0 Å². The van der Waals surface area contributed by atoms with E-state index in [4.69, 9.17) is 0 Å². The maximum absolute atomic E-state index is 13.7. The molecule has 3 aromatic rings. The number of aryl methyl sites for hydroxylation is 1. The van der Waals surface area contributed by atoms with Crippen molar-refractivity contribution >= 4 is 29.5 Å². The van der Waals surface area contributed by atoms with E-state index in [2.05, 4.69) is 15.6 Å². The molecule has 1 aromatic heterocycles. The van der Waals surface area contributed by atoms with Gasteiger partial charge in [-0.25, -0.2) is 0 Å². The fourth-order valence-corrected chi connectivity index (χ4v) is 5.84. The third-order valence-electron chi connectivity index (χ3n) is 6.96. The van der Waals surface area contributed by atoms with E-state index in [1.807, 2.05) is 75.4 Å². The van der Waals surface area contributed by atoms with E-state index in [0.29, 0.717) is 12.1 Å². The highest BCUT2D eigenvalue weighted by Crippen LogP contribution is 2.40. The summed E-state index contributed by atoms with van der Waals surface area (Å²) in [6.45, 7) is 6.16. The van der Waals surface area contributed by atoms with Crippen molar-refractivity contribution in [1.82, 2.24) is 20.5 Å². The summed E-state index contributed by atoms with van der Waals surface area (Å²) in [6, 6.07) is 18.7. The number of aromatic nitrogens is 1. The van der Waals surface area contributed by atoms with E-state index < -0.39 is 34.7 Å². The van der Waals surface area contributed by atoms with Crippen LogP contribution >= 0.6 is 11.8 Å². The Morgan fingerprint density at radius 1 is 1.08 bits per heavy atom. The normalized spacial score (nSPS) is 17.7. The second kappa shape index (κ2) is 12.4. The minimum Gasteiger partial charge on any atom is -0.381 e. The van der Waals surface area contributed by atoms with Crippen LogP contribution in [0.1, 0.15) is 40.9 Å². The lowest BCUT2D eigenvalue weighted by Gasteiger charge is -2.33. The quantitative estimate of drug-likeness (QED) is 0.380. The Labute approximate surface area is 233 Å². The number of carbonyl (C=O) groups is 3. The van der Waals surface area contributed by atoms with Crippen LogP contribution < -0.4 is 10.6 Å². The monoisotopic (exact) mass is 546 g/mol. The third-order valence-corrected chi connectivity index (χ3v) is 8.34. The standard InChI is InChI=1S/C30H34N4O4S/c1-20-10-7-8-13-22(20)18-32-28(37)26-30(2,3)39-19-34(26)29(38)25(35)24(16-21-11-5-4-6-12-21)33-27(36)23-14-9-15-31-17-23/h4-15,17,24-26,35H,16,18-19H2,1-3H3,(H,32,37)(H,33,36)/t24-,25-,26+/m0/s1. The molecule has 4 rings (SSSR count). The molecule has 3 amide bonds. The Kier molecular flexibility index (Phi) is 9.04. The molecule has 9 heteroatoms. The molecular weight excluding hydrogens is 512 g/mol. The van der Waals surface area contributed by atoms with E-state index in [1.165, 1.54) is 22.9 Å². The molecule has 3 atom stereocenters. The second-order valence-corrected chi connectivity index (χ2v) is 11.8. The summed E-state index contributed by atoms with van der Waals surface area (Å²) >= 11 is 1.48. The highest BCUT2D eigenvalue weighted by Gasteiger charge is 2.49. The molecule has 1 fully saturated rings. The highest BCUT2D eigenvalue weighted by atomic mass is 32.2. The van der Waals surface area contributed by atoms with Crippen LogP contribution in [0.3, 0.4) is 0 Å². The summed E-state index contributed by atoms with van der Waals surface area (Å²) in [5, 5.41) is 17.1. The number of nitrogens with one attached hydrogen (secondary N) is 2. The summed E-state index contributed by atoms with van der Waals surface area (Å²) in [7, 11) is 0. The van der Waals surface area contributed by atoms with Gasteiger partial charge in [-0.15, -0.1) is 11.8 Å². The molecule has 2 heterocycles. The first-order valence-corrected chi connectivity index (χ1v) is 13.9. The summed E-state index contributed by atoms with van der Waals surface area (Å²) in [6.07, 6.45) is 1.66. The van der Waals surface area contributed by atoms with Crippen molar-refractivity contribution in [1.29, 1.82) is 0 Å². The van der Waals surface area contributed by atoms with Crippen molar-refractivity contribution in [2.75, 3.05) is 5.88 Å². The lowest BCUT2D eigenvalue weighted by Crippen LogP contribution is -2.58. The number of amides is 3. The Hall–Kier alpha value is -3.69. The predicted octanol–water partition coefficient (Wildman–Crippen LogP) is 3.09. The molecule has 0 saturated carbocycles. The zero-order valence-electron chi connectivity index (χ0n) is 22.3. The first kappa shape index (κ1) is 28.3. The van der Waals surface area contributed by atoms with Gasteiger partial charge in [-0.2, -0.15) is 0 Å². The zero-order chi connectivity index (χ0) is 28.0. The van der Waals surface area contributed by atoms with Crippen LogP contribution in [0.5, 0.6) is 0 Å². The van der Waals surface area contributed by atoms with Crippen LogP contribution in [-0.4, -0.2) is 61.5 Å². The van der Waals surface area contributed by atoms with Gasteiger partial charge in [0.1, 0.15) is 6.04 Å². The molecule has 204 valence electrons. The number of benzene rings is 2. The third kappa shape index (κ3) is 6.85. The van der Waals surface area contributed by atoms with Gasteiger partial charge in [0.05, 0.1) is 17.5 Å². The Morgan fingerprint density at radius 2 is 1.79 bits per heavy atom. The van der Waals surface area contributed by atoms with Gasteiger partial charge in [-0.1, -0.05) is 54.6 Å². The van der Waals surface area contributed by atoms with E-state index in [9.17, 15) is 19.5 Å². The van der Waals surface area contributed by atoms with Gasteiger partial charge in [0, 0.05) is 23.7 Å². The van der Waals surface area contributed by atoms with Gasteiger partial charge in [-0.3, -0.25) is 19.4 Å². The van der Waals surface area contributed by atoms with E-state index in [-0.39, 0.29) is 18.2 Å². The van der Waals surface area contributed by atoms with Crippen LogP contribution in [-0.2, 0) is 22.6 Å². The molecule has 1 aliphatic rings. The number of pyridine rings is 1. The van der Waals surface area contributed by atoms with Crippen LogP contribution in [0.4, 0.5) is 0 Å². The predicted molar refractivity (Wildman–Crippen MR) is 152 cm³/mol. The lowest BCUT2D eigenvalue weighted by molar-refractivity contribution is -0.147. The minimum absolute atomic E-state index is 0.230. The number of carbonyl (C=O) groups excluding carboxylic acids is 3. The summed E-state index contributed by atoms with van der Waals surface area (Å²) in [4.78, 5) is 45.5. The van der Waals surface area contributed by atoms with Crippen molar-refractivity contribution in [2.45, 2.75) is 56.7 Å². The first-order valence-electron chi connectivity index (χ1n) is 12.9. The maximum Gasteiger partial charge on any atom is 0.254 e. The number of aliphatic hydroxyl groups excluding tert-OH is 1. The number of rotatable bonds is 9. The molecule has 39 heavy (non-hydrogen) atoms. The molecule has 1 aliphatic heterocycles. The Balaban J connectivity index is 1.53. The molecular formula is C30H34N4O4S. The first-order chi connectivity index (χ1) is 18.7. The molecule has 0 bridgehead atoms. The topological polar surface area (TPSA) is 112 Å². The molecule has 0 spiro atoms. The number of hydrogen-bond donors (Lipinski definition) is 3. The largest absolute Gasteiger partial charge is 0.381 e. The fraction of sp³-hybridized carbons (Fsp3) is 0.333. The van der Waals surface area contributed by atoms with E-state index >= 15 is 0 Å². The van der Waals surface area contributed by atoms with Crippen LogP contribution in [0, 0.1) is 6.92 Å².